The van der Waals surface area contributed by atoms with Crippen molar-refractivity contribution in [2.45, 2.75) is 42.2 Å². The van der Waals surface area contributed by atoms with Gasteiger partial charge in [-0.15, -0.1) is 0 Å². The molecule has 2 aromatic carbocycles. The van der Waals surface area contributed by atoms with Gasteiger partial charge < -0.3 is 14.0 Å². The van der Waals surface area contributed by atoms with Crippen molar-refractivity contribution in [1.82, 2.24) is 13.9 Å². The first kappa shape index (κ1) is 28.1. The van der Waals surface area contributed by atoms with Crippen molar-refractivity contribution in [2.24, 2.45) is 0 Å². The van der Waals surface area contributed by atoms with Crippen LogP contribution >= 0.6 is 11.6 Å². The summed E-state index contributed by atoms with van der Waals surface area (Å²) in [5, 5.41) is 0.314. The van der Waals surface area contributed by atoms with Gasteiger partial charge in [-0.25, -0.2) is 21.8 Å². The number of benzene rings is 2. The maximum absolute atomic E-state index is 13.5. The Bertz CT molecular complexity index is 1390. The molecule has 0 amide bonds. The molecular formula is C24H30ClN3O6S2. The number of methoxy groups -OCH3 is 2. The lowest BCUT2D eigenvalue weighted by Crippen LogP contribution is -2.34. The van der Waals surface area contributed by atoms with E-state index in [1.54, 1.807) is 41.0 Å². The maximum atomic E-state index is 13.5. The molecule has 0 aliphatic rings. The summed E-state index contributed by atoms with van der Waals surface area (Å²) in [7, 11) is -4.79. The van der Waals surface area contributed by atoms with E-state index in [0.717, 1.165) is 0 Å². The van der Waals surface area contributed by atoms with Crippen molar-refractivity contribution < 1.29 is 26.3 Å². The Kier molecular flexibility index (Phi) is 9.18. The Hall–Kier alpha value is -2.44. The Morgan fingerprint density at radius 3 is 2.33 bits per heavy atom. The SMILES string of the molecule is COCCN(Cc1cnc(S(=O)(=O)Cc2cccc(Cl)c2)n1C(C)C)S(=O)(=O)c1ccc(OC)cc1. The standard InChI is InChI=1S/C24H30ClN3O6S2/c1-18(2)28-21(15-26-24(28)35(29,30)17-19-6-5-7-20(25)14-19)16-27(12-13-33-3)36(31,32)23-10-8-22(34-4)9-11-23/h5-11,14-15,18H,12-13,16-17H2,1-4H3. The van der Waals surface area contributed by atoms with Crippen molar-refractivity contribution in [3.8, 4) is 5.75 Å². The number of hydrogen-bond donors (Lipinski definition) is 0. The highest BCUT2D eigenvalue weighted by atomic mass is 35.5. The minimum atomic E-state index is -3.93. The molecule has 0 aliphatic heterocycles. The quantitative estimate of drug-likeness (QED) is 0.333. The lowest BCUT2D eigenvalue weighted by atomic mass is 10.2. The molecular weight excluding hydrogens is 526 g/mol. The number of hydrogen-bond acceptors (Lipinski definition) is 7. The number of aromatic nitrogens is 2. The Morgan fingerprint density at radius 1 is 1.06 bits per heavy atom. The zero-order valence-corrected chi connectivity index (χ0v) is 23.0. The third-order valence-corrected chi connectivity index (χ3v) is 9.13. The monoisotopic (exact) mass is 555 g/mol. The molecule has 3 aromatic rings. The van der Waals surface area contributed by atoms with Gasteiger partial charge in [-0.3, -0.25) is 0 Å². The smallest absolute Gasteiger partial charge is 0.243 e. The van der Waals surface area contributed by atoms with Crippen LogP contribution in [0.3, 0.4) is 0 Å². The van der Waals surface area contributed by atoms with Crippen LogP contribution < -0.4 is 4.74 Å². The molecule has 196 valence electrons. The van der Waals surface area contributed by atoms with Crippen LogP contribution in [0.25, 0.3) is 0 Å². The topological polar surface area (TPSA) is 108 Å². The van der Waals surface area contributed by atoms with Crippen molar-refractivity contribution in [1.29, 1.82) is 0 Å². The largest absolute Gasteiger partial charge is 0.497 e. The highest BCUT2D eigenvalue weighted by Gasteiger charge is 2.30. The molecule has 1 aromatic heterocycles. The van der Waals surface area contributed by atoms with Gasteiger partial charge in [0.25, 0.3) is 0 Å². The van der Waals surface area contributed by atoms with E-state index in [1.807, 2.05) is 13.8 Å². The zero-order chi connectivity index (χ0) is 26.5. The van der Waals surface area contributed by atoms with Gasteiger partial charge in [0.1, 0.15) is 5.75 Å². The molecule has 0 unspecified atom stereocenters. The van der Waals surface area contributed by atoms with Gasteiger partial charge in [0.2, 0.25) is 25.0 Å². The minimum absolute atomic E-state index is 0.0682. The Labute approximate surface area is 217 Å². The van der Waals surface area contributed by atoms with Gasteiger partial charge >= 0.3 is 0 Å². The number of sulfonamides is 1. The van der Waals surface area contributed by atoms with E-state index in [2.05, 4.69) is 4.98 Å². The zero-order valence-electron chi connectivity index (χ0n) is 20.6. The van der Waals surface area contributed by atoms with Gasteiger partial charge in [0.15, 0.2) is 0 Å². The first-order chi connectivity index (χ1) is 17.0. The molecule has 0 aliphatic carbocycles. The Balaban J connectivity index is 1.98. The highest BCUT2D eigenvalue weighted by molar-refractivity contribution is 7.90. The van der Waals surface area contributed by atoms with Crippen LogP contribution in [-0.4, -0.2) is 58.1 Å². The summed E-state index contributed by atoms with van der Waals surface area (Å²) in [6.45, 7) is 3.78. The molecule has 0 bridgehead atoms. The van der Waals surface area contributed by atoms with E-state index in [0.29, 0.717) is 22.0 Å². The fourth-order valence-electron chi connectivity index (χ4n) is 3.74. The molecule has 3 rings (SSSR count). The first-order valence-corrected chi connectivity index (χ1v) is 14.6. The molecule has 0 fully saturated rings. The Morgan fingerprint density at radius 2 is 1.75 bits per heavy atom. The van der Waals surface area contributed by atoms with E-state index in [1.165, 1.54) is 36.9 Å². The molecule has 9 nitrogen and oxygen atoms in total. The van der Waals surface area contributed by atoms with E-state index >= 15 is 0 Å². The van der Waals surface area contributed by atoms with Crippen LogP contribution in [0.1, 0.15) is 31.1 Å². The summed E-state index contributed by atoms with van der Waals surface area (Å²) in [4.78, 5) is 4.30. The van der Waals surface area contributed by atoms with Crippen molar-refractivity contribution in [3.05, 3.63) is 71.0 Å². The molecule has 0 atom stereocenters. The fraction of sp³-hybridized carbons (Fsp3) is 0.375. The van der Waals surface area contributed by atoms with E-state index < -0.39 is 19.9 Å². The molecule has 0 spiro atoms. The third kappa shape index (κ3) is 6.46. The summed E-state index contributed by atoms with van der Waals surface area (Å²) < 4.78 is 66.6. The molecule has 0 saturated heterocycles. The molecule has 1 heterocycles. The second kappa shape index (κ2) is 11.7. The van der Waals surface area contributed by atoms with Crippen molar-refractivity contribution in [3.63, 3.8) is 0 Å². The van der Waals surface area contributed by atoms with Gasteiger partial charge in [0, 0.05) is 24.7 Å². The summed E-state index contributed by atoms with van der Waals surface area (Å²) in [5.41, 5.74) is 0.981. The summed E-state index contributed by atoms with van der Waals surface area (Å²) in [5.74, 6) is 0.249. The van der Waals surface area contributed by atoms with Crippen LogP contribution in [0.4, 0.5) is 0 Å². The second-order valence-corrected chi connectivity index (χ2v) is 12.6. The fourth-order valence-corrected chi connectivity index (χ4v) is 6.94. The number of halogens is 1. The number of imidazole rings is 1. The van der Waals surface area contributed by atoms with Crippen molar-refractivity contribution in [2.75, 3.05) is 27.4 Å². The van der Waals surface area contributed by atoms with Crippen LogP contribution in [0, 0.1) is 0 Å². The van der Waals surface area contributed by atoms with Crippen LogP contribution in [0.15, 0.2) is 64.8 Å². The predicted octanol–water partition coefficient (Wildman–Crippen LogP) is 3.94. The molecule has 12 heteroatoms. The summed E-state index contributed by atoms with van der Waals surface area (Å²) in [6, 6.07) is 12.4. The van der Waals surface area contributed by atoms with Gasteiger partial charge in [-0.2, -0.15) is 4.31 Å². The molecule has 36 heavy (non-hydrogen) atoms. The maximum Gasteiger partial charge on any atom is 0.243 e. The normalized spacial score (nSPS) is 12.4. The van der Waals surface area contributed by atoms with Gasteiger partial charge in [-0.05, 0) is 55.8 Å². The van der Waals surface area contributed by atoms with E-state index in [4.69, 9.17) is 21.1 Å². The molecule has 0 N–H and O–H groups in total. The second-order valence-electron chi connectivity index (χ2n) is 8.39. The third-order valence-electron chi connectivity index (χ3n) is 5.46. The summed E-state index contributed by atoms with van der Waals surface area (Å²) >= 11 is 6.02. The predicted molar refractivity (Wildman–Crippen MR) is 137 cm³/mol. The minimum Gasteiger partial charge on any atom is -0.497 e. The first-order valence-electron chi connectivity index (χ1n) is 11.2. The molecule has 0 radical (unpaired) electrons. The molecule has 0 saturated carbocycles. The summed E-state index contributed by atoms with van der Waals surface area (Å²) in [6.07, 6.45) is 1.41. The van der Waals surface area contributed by atoms with Gasteiger partial charge in [-0.1, -0.05) is 23.7 Å². The van der Waals surface area contributed by atoms with Crippen LogP contribution in [0.5, 0.6) is 5.75 Å². The van der Waals surface area contributed by atoms with Crippen LogP contribution in [0.2, 0.25) is 5.02 Å². The lowest BCUT2D eigenvalue weighted by Gasteiger charge is -2.24. The number of rotatable bonds is 12. The van der Waals surface area contributed by atoms with Gasteiger partial charge in [0.05, 0.1) is 42.8 Å². The van der Waals surface area contributed by atoms with Crippen molar-refractivity contribution >= 4 is 31.5 Å². The number of nitrogens with zero attached hydrogens (tertiary/aromatic N) is 3. The number of ether oxygens (including phenoxy) is 2. The van der Waals surface area contributed by atoms with Crippen LogP contribution in [-0.2, 0) is 36.9 Å². The number of sulfone groups is 1. The van der Waals surface area contributed by atoms with E-state index in [9.17, 15) is 16.8 Å². The average molecular weight is 556 g/mol. The lowest BCUT2D eigenvalue weighted by molar-refractivity contribution is 0.176. The average Bonchev–Trinajstić information content (AvgIpc) is 3.26. The van der Waals surface area contributed by atoms with E-state index in [-0.39, 0.29) is 41.5 Å². The highest BCUT2D eigenvalue weighted by Crippen LogP contribution is 2.26.